The summed E-state index contributed by atoms with van der Waals surface area (Å²) in [5.41, 5.74) is 0. The lowest BCUT2D eigenvalue weighted by Gasteiger charge is -2.03. The van der Waals surface area contributed by atoms with Gasteiger partial charge in [-0.1, -0.05) is 194 Å². The van der Waals surface area contributed by atoms with Crippen molar-refractivity contribution in [3.63, 3.8) is 0 Å². The van der Waals surface area contributed by atoms with Gasteiger partial charge in [0.2, 0.25) is 0 Å². The van der Waals surface area contributed by atoms with Crippen molar-refractivity contribution in [3.05, 3.63) is 0 Å². The summed E-state index contributed by atoms with van der Waals surface area (Å²) >= 11 is 0. The molecule has 0 atom stereocenters. The lowest BCUT2D eigenvalue weighted by atomic mass is 10.0. The average Bonchev–Trinajstić information content (AvgIpc) is 2.96. The molecule has 0 aromatic rings. The molecule has 0 amide bonds. The van der Waals surface area contributed by atoms with Crippen LogP contribution in [0.3, 0.4) is 0 Å². The number of carboxylic acid groups (broad SMARTS) is 2. The lowest BCUT2D eigenvalue weighted by Crippen LogP contribution is -1.93. The molecule has 0 aromatic carbocycles. The summed E-state index contributed by atoms with van der Waals surface area (Å²) in [6.45, 7) is 4.54. The standard InChI is InChI=1S/2C18H36O2.CH4O3S/c2*1-2-3-4-5-6-7-8-9-10-11-12-13-14-15-16-17-18(19)20;1-5(2,3)4/h2*2-17H2,1H3,(H,19,20);1H3,(H,2,3,4). The fraction of sp³-hybridized carbons (Fsp3) is 0.946. The Labute approximate surface area is 279 Å². The highest BCUT2D eigenvalue weighted by molar-refractivity contribution is 7.85. The summed E-state index contributed by atoms with van der Waals surface area (Å²) in [4.78, 5) is 20.7. The van der Waals surface area contributed by atoms with Gasteiger partial charge in [-0.25, -0.2) is 0 Å². The van der Waals surface area contributed by atoms with Crippen molar-refractivity contribution in [3.8, 4) is 0 Å². The van der Waals surface area contributed by atoms with Crippen molar-refractivity contribution < 1.29 is 32.8 Å². The summed E-state index contributed by atoms with van der Waals surface area (Å²) in [5, 5.41) is 17.0. The predicted molar refractivity (Wildman–Crippen MR) is 192 cm³/mol. The van der Waals surface area contributed by atoms with Gasteiger partial charge in [0.25, 0.3) is 10.1 Å². The van der Waals surface area contributed by atoms with Gasteiger partial charge in [0.15, 0.2) is 0 Å². The van der Waals surface area contributed by atoms with Gasteiger partial charge in [-0.3, -0.25) is 14.1 Å². The first-order valence-corrected chi connectivity index (χ1v) is 20.7. The highest BCUT2D eigenvalue weighted by Crippen LogP contribution is 2.15. The van der Waals surface area contributed by atoms with E-state index in [1.165, 1.54) is 167 Å². The van der Waals surface area contributed by atoms with E-state index in [-0.39, 0.29) is 0 Å². The highest BCUT2D eigenvalue weighted by Gasteiger charge is 1.98. The zero-order valence-corrected chi connectivity index (χ0v) is 30.8. The molecule has 0 saturated heterocycles. The van der Waals surface area contributed by atoms with Crippen molar-refractivity contribution in [2.75, 3.05) is 6.26 Å². The first kappa shape index (κ1) is 48.2. The van der Waals surface area contributed by atoms with Gasteiger partial charge in [0.05, 0.1) is 6.26 Å². The Bertz CT molecular complexity index is 643. The number of hydrogen-bond donors (Lipinski definition) is 3. The molecule has 3 N–H and O–H groups in total. The Hall–Kier alpha value is -1.15. The van der Waals surface area contributed by atoms with E-state index < -0.39 is 22.1 Å². The van der Waals surface area contributed by atoms with Gasteiger partial charge in [-0.05, 0) is 12.8 Å². The maximum absolute atomic E-state index is 10.3. The molecular formula is C37H76O7S. The van der Waals surface area contributed by atoms with Gasteiger partial charge in [-0.2, -0.15) is 8.42 Å². The molecule has 7 nitrogen and oxygen atoms in total. The van der Waals surface area contributed by atoms with Gasteiger partial charge in [0, 0.05) is 12.8 Å². The SMILES string of the molecule is CCCCCCCCCCCCCCCCCC(=O)O.CCCCCCCCCCCCCCCCCC(=O)O.CS(=O)(=O)O. The van der Waals surface area contributed by atoms with Crippen LogP contribution in [0.1, 0.15) is 219 Å². The Balaban J connectivity index is -0.000000680. The monoisotopic (exact) mass is 665 g/mol. The first-order chi connectivity index (χ1) is 21.5. The van der Waals surface area contributed by atoms with Crippen LogP contribution in [0.2, 0.25) is 0 Å². The van der Waals surface area contributed by atoms with Gasteiger partial charge >= 0.3 is 11.9 Å². The van der Waals surface area contributed by atoms with Crippen LogP contribution in [0.5, 0.6) is 0 Å². The van der Waals surface area contributed by atoms with E-state index in [9.17, 15) is 18.0 Å². The number of carboxylic acids is 2. The van der Waals surface area contributed by atoms with E-state index in [0.717, 1.165) is 25.7 Å². The minimum absolute atomic E-state index is 0.345. The minimum Gasteiger partial charge on any atom is -0.481 e. The maximum Gasteiger partial charge on any atom is 0.303 e. The van der Waals surface area contributed by atoms with E-state index in [4.69, 9.17) is 14.8 Å². The quantitative estimate of drug-likeness (QED) is 0.0482. The second-order valence-corrected chi connectivity index (χ2v) is 14.4. The molecule has 0 aliphatic heterocycles. The molecule has 272 valence electrons. The lowest BCUT2D eigenvalue weighted by molar-refractivity contribution is -0.138. The summed E-state index contributed by atoms with van der Waals surface area (Å²) in [5.74, 6) is -1.31. The van der Waals surface area contributed by atoms with E-state index in [0.29, 0.717) is 19.1 Å². The molecular weight excluding hydrogens is 588 g/mol. The maximum atomic E-state index is 10.3. The van der Waals surface area contributed by atoms with Gasteiger partial charge in [0.1, 0.15) is 0 Å². The highest BCUT2D eigenvalue weighted by atomic mass is 32.2. The van der Waals surface area contributed by atoms with Crippen LogP contribution in [0.25, 0.3) is 0 Å². The van der Waals surface area contributed by atoms with Crippen LogP contribution in [0, 0.1) is 0 Å². The van der Waals surface area contributed by atoms with Crippen LogP contribution < -0.4 is 0 Å². The van der Waals surface area contributed by atoms with Gasteiger partial charge < -0.3 is 10.2 Å². The molecule has 0 fully saturated rings. The third kappa shape index (κ3) is 66.3. The van der Waals surface area contributed by atoms with E-state index in [2.05, 4.69) is 13.8 Å². The van der Waals surface area contributed by atoms with Crippen LogP contribution in [-0.2, 0) is 19.7 Å². The number of rotatable bonds is 32. The average molecular weight is 665 g/mol. The van der Waals surface area contributed by atoms with E-state index >= 15 is 0 Å². The second kappa shape index (κ2) is 40.9. The normalized spacial score (nSPS) is 10.9. The smallest absolute Gasteiger partial charge is 0.303 e. The fourth-order valence-corrected chi connectivity index (χ4v) is 5.30. The van der Waals surface area contributed by atoms with Crippen LogP contribution >= 0.6 is 0 Å². The van der Waals surface area contributed by atoms with E-state index in [1.54, 1.807) is 0 Å². The van der Waals surface area contributed by atoms with Crippen molar-refractivity contribution in [1.82, 2.24) is 0 Å². The summed E-state index contributed by atoms with van der Waals surface area (Å²) in [6, 6.07) is 0. The fourth-order valence-electron chi connectivity index (χ4n) is 5.30. The van der Waals surface area contributed by atoms with Gasteiger partial charge in [-0.15, -0.1) is 0 Å². The molecule has 8 heteroatoms. The largest absolute Gasteiger partial charge is 0.481 e. The molecule has 0 rings (SSSR count). The summed E-state index contributed by atoms with van der Waals surface area (Å²) < 4.78 is 25.9. The molecule has 0 bridgehead atoms. The number of carbonyl (C=O) groups is 2. The third-order valence-corrected chi connectivity index (χ3v) is 7.99. The predicted octanol–water partition coefficient (Wildman–Crippen LogP) is 12.2. The Morgan fingerprint density at radius 1 is 0.378 bits per heavy atom. The molecule has 0 heterocycles. The van der Waals surface area contributed by atoms with Crippen LogP contribution in [-0.4, -0.2) is 41.4 Å². The Morgan fingerprint density at radius 2 is 0.511 bits per heavy atom. The Morgan fingerprint density at radius 3 is 0.644 bits per heavy atom. The molecule has 0 aliphatic rings. The van der Waals surface area contributed by atoms with Crippen molar-refractivity contribution >= 4 is 22.1 Å². The number of hydrogen-bond acceptors (Lipinski definition) is 4. The summed E-state index contributed by atoms with van der Waals surface area (Å²) in [7, 11) is -3.67. The third-order valence-electron chi connectivity index (χ3n) is 7.99. The van der Waals surface area contributed by atoms with Crippen molar-refractivity contribution in [2.24, 2.45) is 0 Å². The van der Waals surface area contributed by atoms with Crippen LogP contribution in [0.4, 0.5) is 0 Å². The summed E-state index contributed by atoms with van der Waals surface area (Å²) in [6.07, 6.45) is 41.1. The number of unbranched alkanes of at least 4 members (excludes halogenated alkanes) is 28. The molecule has 0 spiro atoms. The molecule has 45 heavy (non-hydrogen) atoms. The van der Waals surface area contributed by atoms with Crippen LogP contribution in [0.15, 0.2) is 0 Å². The van der Waals surface area contributed by atoms with Crippen molar-refractivity contribution in [2.45, 2.75) is 219 Å². The topological polar surface area (TPSA) is 129 Å². The second-order valence-electron chi connectivity index (χ2n) is 12.9. The molecule has 0 aliphatic carbocycles. The first-order valence-electron chi connectivity index (χ1n) is 18.9. The molecule has 0 radical (unpaired) electrons. The zero-order valence-electron chi connectivity index (χ0n) is 30.0. The minimum atomic E-state index is -3.67. The van der Waals surface area contributed by atoms with E-state index in [1.807, 2.05) is 0 Å². The zero-order chi connectivity index (χ0) is 34.3. The molecule has 0 saturated carbocycles. The number of aliphatic carboxylic acids is 2. The Kier molecular flexibility index (Phi) is 43.8. The molecule has 0 unspecified atom stereocenters. The molecule has 0 aromatic heterocycles. The van der Waals surface area contributed by atoms with Crippen molar-refractivity contribution in [1.29, 1.82) is 0 Å².